The van der Waals surface area contributed by atoms with Crippen molar-refractivity contribution in [2.45, 2.75) is 51.9 Å². The summed E-state index contributed by atoms with van der Waals surface area (Å²) in [5, 5.41) is 11.8. The maximum absolute atomic E-state index is 5.06. The van der Waals surface area contributed by atoms with E-state index in [2.05, 4.69) is 71.5 Å². The molecule has 4 rings (SSSR count). The molecule has 0 aliphatic carbocycles. The molecule has 2 aromatic heterocycles. The smallest absolute Gasteiger partial charge is 0.129 e. The van der Waals surface area contributed by atoms with Gasteiger partial charge in [-0.1, -0.05) is 26.8 Å². The molecule has 2 N–H and O–H groups in total. The third kappa shape index (κ3) is 4.61. The molecule has 0 bridgehead atoms. The van der Waals surface area contributed by atoms with Gasteiger partial charge in [-0.3, -0.25) is 5.10 Å². The van der Waals surface area contributed by atoms with Crippen LogP contribution in [0.3, 0.4) is 0 Å². The number of rotatable bonds is 7. The molecule has 2 unspecified atom stereocenters. The summed E-state index contributed by atoms with van der Waals surface area (Å²) in [6, 6.07) is 11.3. The van der Waals surface area contributed by atoms with Gasteiger partial charge in [0.15, 0.2) is 0 Å². The number of benzene rings is 1. The summed E-state index contributed by atoms with van der Waals surface area (Å²) in [6.45, 7) is 11.1. The molecular weight excluding hydrogens is 358 g/mol. The van der Waals surface area contributed by atoms with E-state index < -0.39 is 0 Å². The number of H-pyrrole nitrogens is 1. The quantitative estimate of drug-likeness (QED) is 0.617. The van der Waals surface area contributed by atoms with Crippen molar-refractivity contribution in [3.63, 3.8) is 0 Å². The number of pyridine rings is 1. The molecule has 3 aromatic rings. The molecule has 0 amide bonds. The standard InChI is InChI=1S/C24H33N5/c1-4-17(2)20-14-22(27-24(15-20)29-11-9-25-10-12-29)7-5-18(3)19-6-8-23-21(13-19)16-26-28-23/h6,8,13-18,25H,4-5,7,9-12H2,1-3H3,(H,26,28). The number of piperazine rings is 1. The Hall–Kier alpha value is -2.40. The summed E-state index contributed by atoms with van der Waals surface area (Å²) < 4.78 is 0. The first-order valence-electron chi connectivity index (χ1n) is 11.0. The molecule has 154 valence electrons. The van der Waals surface area contributed by atoms with Gasteiger partial charge in [-0.15, -0.1) is 0 Å². The van der Waals surface area contributed by atoms with E-state index in [9.17, 15) is 0 Å². The number of aromatic amines is 1. The molecule has 1 aliphatic rings. The van der Waals surface area contributed by atoms with Crippen LogP contribution in [0.5, 0.6) is 0 Å². The zero-order valence-electron chi connectivity index (χ0n) is 17.9. The zero-order chi connectivity index (χ0) is 20.2. The van der Waals surface area contributed by atoms with E-state index >= 15 is 0 Å². The second-order valence-electron chi connectivity index (χ2n) is 8.45. The lowest BCUT2D eigenvalue weighted by atomic mass is 9.93. The van der Waals surface area contributed by atoms with Gasteiger partial charge in [-0.05, 0) is 66.5 Å². The topological polar surface area (TPSA) is 56.8 Å². The summed E-state index contributed by atoms with van der Waals surface area (Å²) in [5.41, 5.74) is 5.13. The summed E-state index contributed by atoms with van der Waals surface area (Å²) in [7, 11) is 0. The highest BCUT2D eigenvalue weighted by Crippen LogP contribution is 2.27. The van der Waals surface area contributed by atoms with Crippen molar-refractivity contribution in [3.8, 4) is 0 Å². The molecule has 2 atom stereocenters. The van der Waals surface area contributed by atoms with E-state index in [4.69, 9.17) is 4.98 Å². The Morgan fingerprint density at radius 3 is 2.66 bits per heavy atom. The largest absolute Gasteiger partial charge is 0.354 e. The minimum Gasteiger partial charge on any atom is -0.354 e. The Balaban J connectivity index is 1.51. The van der Waals surface area contributed by atoms with Gasteiger partial charge < -0.3 is 10.2 Å². The monoisotopic (exact) mass is 391 g/mol. The van der Waals surface area contributed by atoms with Gasteiger partial charge in [0, 0.05) is 37.3 Å². The van der Waals surface area contributed by atoms with E-state index in [1.165, 1.54) is 22.2 Å². The molecule has 5 heteroatoms. The van der Waals surface area contributed by atoms with Crippen molar-refractivity contribution in [1.82, 2.24) is 20.5 Å². The van der Waals surface area contributed by atoms with Crippen molar-refractivity contribution in [2.75, 3.05) is 31.1 Å². The fourth-order valence-electron chi connectivity index (χ4n) is 4.10. The second kappa shape index (κ2) is 8.95. The average Bonchev–Trinajstić information content (AvgIpc) is 3.25. The lowest BCUT2D eigenvalue weighted by Crippen LogP contribution is -2.44. The maximum atomic E-state index is 5.06. The third-order valence-electron chi connectivity index (χ3n) is 6.38. The highest BCUT2D eigenvalue weighted by atomic mass is 15.2. The van der Waals surface area contributed by atoms with Crippen LogP contribution in [0.15, 0.2) is 36.5 Å². The van der Waals surface area contributed by atoms with Gasteiger partial charge in [0.2, 0.25) is 0 Å². The van der Waals surface area contributed by atoms with Gasteiger partial charge in [0.25, 0.3) is 0 Å². The molecule has 1 aromatic carbocycles. The molecule has 0 spiro atoms. The average molecular weight is 392 g/mol. The lowest BCUT2D eigenvalue weighted by Gasteiger charge is -2.29. The minimum atomic E-state index is 0.492. The van der Waals surface area contributed by atoms with Crippen LogP contribution in [0.2, 0.25) is 0 Å². The number of aromatic nitrogens is 3. The van der Waals surface area contributed by atoms with Gasteiger partial charge >= 0.3 is 0 Å². The highest BCUT2D eigenvalue weighted by molar-refractivity contribution is 5.78. The zero-order valence-corrected chi connectivity index (χ0v) is 17.9. The summed E-state index contributed by atoms with van der Waals surface area (Å²) in [4.78, 5) is 7.50. The summed E-state index contributed by atoms with van der Waals surface area (Å²) in [5.74, 6) is 2.22. The summed E-state index contributed by atoms with van der Waals surface area (Å²) in [6.07, 6.45) is 5.17. The van der Waals surface area contributed by atoms with Crippen LogP contribution in [-0.2, 0) is 6.42 Å². The number of hydrogen-bond acceptors (Lipinski definition) is 4. The Kier molecular flexibility index (Phi) is 6.14. The Bertz CT molecular complexity index is 941. The molecule has 1 aliphatic heterocycles. The van der Waals surface area contributed by atoms with Crippen molar-refractivity contribution in [3.05, 3.63) is 53.3 Å². The Morgan fingerprint density at radius 2 is 1.86 bits per heavy atom. The fraction of sp³-hybridized carbons (Fsp3) is 0.500. The summed E-state index contributed by atoms with van der Waals surface area (Å²) >= 11 is 0. The molecule has 0 saturated carbocycles. The van der Waals surface area contributed by atoms with Gasteiger partial charge in [0.05, 0.1) is 11.7 Å². The third-order valence-corrected chi connectivity index (χ3v) is 6.38. The molecular formula is C24H33N5. The van der Waals surface area contributed by atoms with Crippen molar-refractivity contribution >= 4 is 16.7 Å². The van der Waals surface area contributed by atoms with Crippen LogP contribution in [0.4, 0.5) is 5.82 Å². The predicted molar refractivity (Wildman–Crippen MR) is 121 cm³/mol. The fourth-order valence-corrected chi connectivity index (χ4v) is 4.10. The predicted octanol–water partition coefficient (Wildman–Crippen LogP) is 4.62. The van der Waals surface area contributed by atoms with Crippen molar-refractivity contribution in [2.24, 2.45) is 0 Å². The van der Waals surface area contributed by atoms with Crippen LogP contribution in [0.1, 0.15) is 62.3 Å². The van der Waals surface area contributed by atoms with Crippen molar-refractivity contribution < 1.29 is 0 Å². The number of aryl methyl sites for hydroxylation is 1. The number of nitrogens with zero attached hydrogens (tertiary/aromatic N) is 3. The molecule has 29 heavy (non-hydrogen) atoms. The molecule has 1 fully saturated rings. The highest BCUT2D eigenvalue weighted by Gasteiger charge is 2.16. The van der Waals surface area contributed by atoms with Crippen LogP contribution < -0.4 is 10.2 Å². The van der Waals surface area contributed by atoms with Crippen LogP contribution in [0, 0.1) is 0 Å². The van der Waals surface area contributed by atoms with Crippen LogP contribution in [-0.4, -0.2) is 41.4 Å². The van der Waals surface area contributed by atoms with E-state index in [0.29, 0.717) is 11.8 Å². The minimum absolute atomic E-state index is 0.492. The van der Waals surface area contributed by atoms with Gasteiger partial charge in [-0.2, -0.15) is 5.10 Å². The van der Waals surface area contributed by atoms with E-state index in [0.717, 1.165) is 56.8 Å². The van der Waals surface area contributed by atoms with Gasteiger partial charge in [-0.25, -0.2) is 4.98 Å². The molecule has 1 saturated heterocycles. The van der Waals surface area contributed by atoms with Crippen LogP contribution in [0.25, 0.3) is 10.9 Å². The molecule has 5 nitrogen and oxygen atoms in total. The van der Waals surface area contributed by atoms with Crippen molar-refractivity contribution in [1.29, 1.82) is 0 Å². The Morgan fingerprint density at radius 1 is 1.03 bits per heavy atom. The first-order chi connectivity index (χ1) is 14.1. The molecule has 3 heterocycles. The molecule has 0 radical (unpaired) electrons. The van der Waals surface area contributed by atoms with Crippen LogP contribution >= 0.6 is 0 Å². The number of anilines is 1. The second-order valence-corrected chi connectivity index (χ2v) is 8.45. The van der Waals surface area contributed by atoms with E-state index in [1.54, 1.807) is 0 Å². The lowest BCUT2D eigenvalue weighted by molar-refractivity contribution is 0.582. The first-order valence-corrected chi connectivity index (χ1v) is 11.0. The van der Waals surface area contributed by atoms with Gasteiger partial charge in [0.1, 0.15) is 5.82 Å². The number of fused-ring (bicyclic) bond motifs is 1. The number of nitrogens with one attached hydrogen (secondary N) is 2. The number of hydrogen-bond donors (Lipinski definition) is 2. The SMILES string of the molecule is CCC(C)c1cc(CCC(C)c2ccc3[nH]ncc3c2)nc(N2CCNCC2)c1. The maximum Gasteiger partial charge on any atom is 0.129 e. The first kappa shape index (κ1) is 19.9. The van der Waals surface area contributed by atoms with E-state index in [1.807, 2.05) is 6.20 Å². The van der Waals surface area contributed by atoms with E-state index in [-0.39, 0.29) is 0 Å². The normalized spacial score (nSPS) is 16.9. The Labute approximate surface area is 173 Å².